The largest absolute Gasteiger partial charge is 0.406 e. The fourth-order valence-corrected chi connectivity index (χ4v) is 4.68. The van der Waals surface area contributed by atoms with E-state index in [2.05, 4.69) is 39.2 Å². The van der Waals surface area contributed by atoms with Crippen molar-refractivity contribution in [3.8, 4) is 11.3 Å². The molecule has 11 heteroatoms. The molecule has 4 aromatic heterocycles. The average molecular weight is 473 g/mol. The number of nitrogens with zero attached hydrogens (tertiary/aromatic N) is 6. The molecule has 0 unspecified atom stereocenters. The third-order valence-corrected chi connectivity index (χ3v) is 6.61. The number of fused-ring (bicyclic) bond motifs is 2. The third-order valence-electron chi connectivity index (χ3n) is 6.61. The summed E-state index contributed by atoms with van der Waals surface area (Å²) >= 11 is 0. The minimum absolute atomic E-state index is 0.171. The lowest BCUT2D eigenvalue weighted by atomic mass is 9.76. The SMILES string of the molecule is Cc1nc2ccc(-c3ccn4nc(NC5CCC(C)(C)CC5)nc(N)c34)nc2n1CC(F)(F)F. The zero-order chi connectivity index (χ0) is 24.3. The second-order valence-electron chi connectivity index (χ2n) is 9.83. The van der Waals surface area contributed by atoms with Crippen molar-refractivity contribution < 1.29 is 13.2 Å². The summed E-state index contributed by atoms with van der Waals surface area (Å²) in [7, 11) is 0. The number of imidazole rings is 1. The van der Waals surface area contributed by atoms with Gasteiger partial charge in [0.15, 0.2) is 11.5 Å². The van der Waals surface area contributed by atoms with Crippen LogP contribution in [-0.2, 0) is 6.54 Å². The summed E-state index contributed by atoms with van der Waals surface area (Å²) in [5, 5.41) is 7.97. The number of nitrogens with one attached hydrogen (secondary N) is 1. The number of nitrogens with two attached hydrogens (primary N) is 1. The molecule has 1 aliphatic carbocycles. The molecule has 0 aliphatic heterocycles. The highest BCUT2D eigenvalue weighted by Gasteiger charge is 2.30. The molecule has 0 amide bonds. The fourth-order valence-electron chi connectivity index (χ4n) is 4.68. The van der Waals surface area contributed by atoms with Crippen molar-refractivity contribution in [2.24, 2.45) is 5.41 Å². The predicted molar refractivity (Wildman–Crippen MR) is 124 cm³/mol. The molecule has 5 rings (SSSR count). The summed E-state index contributed by atoms with van der Waals surface area (Å²) < 4.78 is 42.0. The molecule has 4 heterocycles. The number of hydrogen-bond acceptors (Lipinski definition) is 6. The van der Waals surface area contributed by atoms with Crippen LogP contribution in [-0.4, -0.2) is 41.4 Å². The molecule has 0 saturated heterocycles. The number of alkyl halides is 3. The first-order chi connectivity index (χ1) is 16.0. The molecule has 180 valence electrons. The Morgan fingerprint density at radius 3 is 2.56 bits per heavy atom. The minimum atomic E-state index is -4.38. The van der Waals surface area contributed by atoms with E-state index in [9.17, 15) is 13.2 Å². The number of rotatable bonds is 4. The van der Waals surface area contributed by atoms with Crippen LogP contribution in [0.3, 0.4) is 0 Å². The minimum Gasteiger partial charge on any atom is -0.382 e. The standard InChI is InChI=1S/C23H27F3N8/c1-13-28-17-5-4-16(30-20(17)33(13)12-23(24,25)26)15-8-11-34-18(15)19(27)31-21(32-34)29-14-6-9-22(2,3)10-7-14/h4-5,8,11,14H,6-7,9-10,12H2,1-3H3,(H3,27,29,31,32). The molecule has 0 atom stereocenters. The Morgan fingerprint density at radius 2 is 1.85 bits per heavy atom. The van der Waals surface area contributed by atoms with Crippen LogP contribution in [0.25, 0.3) is 27.9 Å². The van der Waals surface area contributed by atoms with Crippen LogP contribution in [0.4, 0.5) is 24.9 Å². The topological polar surface area (TPSA) is 98.9 Å². The molecule has 0 aromatic carbocycles. The maximum absolute atomic E-state index is 13.1. The number of nitrogen functional groups attached to an aromatic ring is 1. The average Bonchev–Trinajstić information content (AvgIpc) is 3.30. The Morgan fingerprint density at radius 1 is 1.12 bits per heavy atom. The summed E-state index contributed by atoms with van der Waals surface area (Å²) in [5.41, 5.74) is 8.92. The van der Waals surface area contributed by atoms with Crippen LogP contribution < -0.4 is 11.1 Å². The molecular weight excluding hydrogens is 445 g/mol. The summed E-state index contributed by atoms with van der Waals surface area (Å²) in [6.45, 7) is 4.96. The van der Waals surface area contributed by atoms with Gasteiger partial charge in [-0.25, -0.2) is 14.5 Å². The first-order valence-corrected chi connectivity index (χ1v) is 11.3. The maximum Gasteiger partial charge on any atom is 0.406 e. The molecule has 0 bridgehead atoms. The molecule has 1 saturated carbocycles. The van der Waals surface area contributed by atoms with Crippen LogP contribution in [0.15, 0.2) is 24.4 Å². The molecule has 0 spiro atoms. The lowest BCUT2D eigenvalue weighted by molar-refractivity contribution is -0.140. The van der Waals surface area contributed by atoms with E-state index in [-0.39, 0.29) is 17.3 Å². The lowest BCUT2D eigenvalue weighted by Gasteiger charge is -2.34. The fraction of sp³-hybridized carbons (Fsp3) is 0.478. The van der Waals surface area contributed by atoms with Gasteiger partial charge in [0.25, 0.3) is 0 Å². The number of pyridine rings is 1. The molecule has 0 radical (unpaired) electrons. The summed E-state index contributed by atoms with van der Waals surface area (Å²) in [6.07, 6.45) is 1.72. The summed E-state index contributed by atoms with van der Waals surface area (Å²) in [5.74, 6) is 0.984. The Balaban J connectivity index is 1.48. The van der Waals surface area contributed by atoms with Crippen molar-refractivity contribution >= 4 is 28.4 Å². The monoisotopic (exact) mass is 472 g/mol. The zero-order valence-corrected chi connectivity index (χ0v) is 19.3. The van der Waals surface area contributed by atoms with Gasteiger partial charge in [0.05, 0.1) is 5.69 Å². The van der Waals surface area contributed by atoms with E-state index in [1.807, 2.05) is 0 Å². The van der Waals surface area contributed by atoms with Crippen molar-refractivity contribution in [3.05, 3.63) is 30.2 Å². The van der Waals surface area contributed by atoms with Gasteiger partial charge < -0.3 is 15.6 Å². The molecular formula is C23H27F3N8. The van der Waals surface area contributed by atoms with Crippen LogP contribution in [0.1, 0.15) is 45.4 Å². The second kappa shape index (κ2) is 7.85. The van der Waals surface area contributed by atoms with E-state index in [1.54, 1.807) is 28.9 Å². The van der Waals surface area contributed by atoms with Gasteiger partial charge in [-0.15, -0.1) is 5.10 Å². The lowest BCUT2D eigenvalue weighted by Crippen LogP contribution is -2.30. The Kier molecular flexibility index (Phi) is 5.18. The van der Waals surface area contributed by atoms with E-state index in [1.165, 1.54) is 6.92 Å². The molecule has 1 aliphatic rings. The van der Waals surface area contributed by atoms with Crippen molar-refractivity contribution in [3.63, 3.8) is 0 Å². The van der Waals surface area contributed by atoms with Gasteiger partial charge in [-0.2, -0.15) is 18.2 Å². The van der Waals surface area contributed by atoms with Crippen LogP contribution in [0.2, 0.25) is 0 Å². The van der Waals surface area contributed by atoms with Gasteiger partial charge in [0, 0.05) is 17.8 Å². The second-order valence-corrected chi connectivity index (χ2v) is 9.83. The molecule has 3 N–H and O–H groups in total. The van der Waals surface area contributed by atoms with Crippen molar-refractivity contribution in [2.45, 2.75) is 65.2 Å². The van der Waals surface area contributed by atoms with Gasteiger partial charge >= 0.3 is 6.18 Å². The number of halogens is 3. The molecule has 8 nitrogen and oxygen atoms in total. The van der Waals surface area contributed by atoms with Crippen LogP contribution in [0.5, 0.6) is 0 Å². The predicted octanol–water partition coefficient (Wildman–Crippen LogP) is 4.97. The summed E-state index contributed by atoms with van der Waals surface area (Å²) in [6, 6.07) is 5.47. The number of anilines is 2. The highest BCUT2D eigenvalue weighted by atomic mass is 19.4. The maximum atomic E-state index is 13.1. The summed E-state index contributed by atoms with van der Waals surface area (Å²) in [4.78, 5) is 13.2. The first kappa shape index (κ1) is 22.4. The van der Waals surface area contributed by atoms with Gasteiger partial charge in [-0.3, -0.25) is 0 Å². The Bertz CT molecular complexity index is 1360. The van der Waals surface area contributed by atoms with Crippen molar-refractivity contribution in [1.82, 2.24) is 29.1 Å². The van der Waals surface area contributed by atoms with Crippen LogP contribution in [0, 0.1) is 12.3 Å². The van der Waals surface area contributed by atoms with Crippen molar-refractivity contribution in [1.29, 1.82) is 0 Å². The van der Waals surface area contributed by atoms with Gasteiger partial charge in [0.1, 0.15) is 23.4 Å². The van der Waals surface area contributed by atoms with Gasteiger partial charge in [-0.05, 0) is 56.2 Å². The number of hydrogen-bond donors (Lipinski definition) is 2. The normalized spacial score (nSPS) is 17.0. The van der Waals surface area contributed by atoms with Gasteiger partial charge in [0.2, 0.25) is 5.95 Å². The number of aromatic nitrogens is 6. The van der Waals surface area contributed by atoms with Crippen LogP contribution >= 0.6 is 0 Å². The van der Waals surface area contributed by atoms with E-state index in [0.717, 1.165) is 30.3 Å². The molecule has 1 fully saturated rings. The highest BCUT2D eigenvalue weighted by molar-refractivity contribution is 5.88. The van der Waals surface area contributed by atoms with E-state index in [0.29, 0.717) is 39.7 Å². The smallest absolute Gasteiger partial charge is 0.382 e. The van der Waals surface area contributed by atoms with Crippen molar-refractivity contribution in [2.75, 3.05) is 11.1 Å². The van der Waals surface area contributed by atoms with E-state index >= 15 is 0 Å². The van der Waals surface area contributed by atoms with Gasteiger partial charge in [-0.1, -0.05) is 13.8 Å². The highest BCUT2D eigenvalue weighted by Crippen LogP contribution is 2.36. The van der Waals surface area contributed by atoms with E-state index < -0.39 is 12.7 Å². The Hall–Kier alpha value is -3.37. The molecule has 4 aromatic rings. The third kappa shape index (κ3) is 4.26. The molecule has 34 heavy (non-hydrogen) atoms. The zero-order valence-electron chi connectivity index (χ0n) is 19.3. The van der Waals surface area contributed by atoms with E-state index in [4.69, 9.17) is 5.73 Å². The number of aryl methyl sites for hydroxylation is 1. The first-order valence-electron chi connectivity index (χ1n) is 11.3. The quantitative estimate of drug-likeness (QED) is 0.435. The Labute approximate surface area is 194 Å².